The molecule has 2 aromatic heterocycles. The molecule has 0 amide bonds. The number of rotatable bonds is 5. The van der Waals surface area contributed by atoms with Gasteiger partial charge in [-0.1, -0.05) is 11.6 Å². The monoisotopic (exact) mass is 449 g/mol. The number of hydrogen-bond acceptors (Lipinski definition) is 6. The molecule has 0 aliphatic carbocycles. The van der Waals surface area contributed by atoms with Crippen molar-refractivity contribution in [2.75, 3.05) is 18.4 Å². The summed E-state index contributed by atoms with van der Waals surface area (Å²) in [4.78, 5) is 4.50. The van der Waals surface area contributed by atoms with Gasteiger partial charge in [0.1, 0.15) is 17.7 Å². The van der Waals surface area contributed by atoms with Gasteiger partial charge in [-0.2, -0.15) is 10.2 Å². The quantitative estimate of drug-likeness (QED) is 0.427. The number of nitrogens with zero attached hydrogens (tertiary/aromatic N) is 3. The van der Waals surface area contributed by atoms with E-state index < -0.39 is 5.82 Å². The molecule has 0 spiro atoms. The Hall–Kier alpha value is -3.29. The number of halogens is 2. The Morgan fingerprint density at radius 1 is 1.06 bits per heavy atom. The summed E-state index contributed by atoms with van der Waals surface area (Å²) in [5, 5.41) is 16.1. The van der Waals surface area contributed by atoms with E-state index in [1.165, 1.54) is 18.2 Å². The molecule has 4 aromatic rings. The number of anilines is 2. The van der Waals surface area contributed by atoms with Crippen LogP contribution in [0.2, 0.25) is 5.02 Å². The number of ether oxygens (including phenoxy) is 1. The molecule has 5 rings (SSSR count). The van der Waals surface area contributed by atoms with E-state index in [4.69, 9.17) is 16.3 Å². The highest BCUT2D eigenvalue weighted by molar-refractivity contribution is 6.30. The lowest BCUT2D eigenvalue weighted by Crippen LogP contribution is -2.34. The van der Waals surface area contributed by atoms with Crippen molar-refractivity contribution in [2.45, 2.75) is 18.9 Å². The van der Waals surface area contributed by atoms with Crippen molar-refractivity contribution in [3.8, 4) is 17.0 Å². The first-order chi connectivity index (χ1) is 15.7. The molecule has 1 saturated heterocycles. The molecule has 1 aliphatic rings. The number of nitrogens with one attached hydrogen (secondary N) is 2. The number of fused-ring (bicyclic) bond motifs is 1. The van der Waals surface area contributed by atoms with Gasteiger partial charge < -0.3 is 15.4 Å². The molecule has 2 N–H and O–H groups in total. The Kier molecular flexibility index (Phi) is 5.83. The third-order valence-corrected chi connectivity index (χ3v) is 5.68. The zero-order chi connectivity index (χ0) is 21.9. The average molecular weight is 450 g/mol. The summed E-state index contributed by atoms with van der Waals surface area (Å²) in [6.07, 6.45) is 5.55. The summed E-state index contributed by atoms with van der Waals surface area (Å²) in [5.74, 6) is 0.412. The summed E-state index contributed by atoms with van der Waals surface area (Å²) in [6, 6.07) is 13.9. The van der Waals surface area contributed by atoms with Crippen LogP contribution in [-0.2, 0) is 0 Å². The highest BCUT2D eigenvalue weighted by Crippen LogP contribution is 2.30. The Labute approximate surface area is 189 Å². The van der Waals surface area contributed by atoms with Crippen LogP contribution in [0, 0.1) is 5.82 Å². The summed E-state index contributed by atoms with van der Waals surface area (Å²) < 4.78 is 20.4. The molecule has 6 nitrogen and oxygen atoms in total. The highest BCUT2D eigenvalue weighted by Gasteiger charge is 2.15. The van der Waals surface area contributed by atoms with Crippen molar-refractivity contribution in [1.29, 1.82) is 0 Å². The number of hydrogen-bond donors (Lipinski definition) is 2. The molecule has 32 heavy (non-hydrogen) atoms. The summed E-state index contributed by atoms with van der Waals surface area (Å²) in [7, 11) is 0. The first kappa shape index (κ1) is 20.6. The second-order valence-electron chi connectivity index (χ2n) is 7.68. The molecular formula is C24H21ClFN5O. The predicted octanol–water partition coefficient (Wildman–Crippen LogP) is 5.36. The van der Waals surface area contributed by atoms with E-state index in [0.717, 1.165) is 48.3 Å². The minimum atomic E-state index is -0.406. The minimum Gasteiger partial charge on any atom is -0.490 e. The summed E-state index contributed by atoms with van der Waals surface area (Å²) in [6.45, 7) is 1.96. The largest absolute Gasteiger partial charge is 0.490 e. The summed E-state index contributed by atoms with van der Waals surface area (Å²) >= 11 is 6.03. The van der Waals surface area contributed by atoms with E-state index in [1.807, 2.05) is 24.3 Å². The first-order valence-electron chi connectivity index (χ1n) is 10.5. The molecule has 0 atom stereocenters. The van der Waals surface area contributed by atoms with Crippen LogP contribution in [0.4, 0.5) is 15.8 Å². The van der Waals surface area contributed by atoms with Gasteiger partial charge in [-0.15, -0.1) is 0 Å². The van der Waals surface area contributed by atoms with E-state index in [2.05, 4.69) is 25.8 Å². The third-order valence-electron chi connectivity index (χ3n) is 5.44. The van der Waals surface area contributed by atoms with E-state index in [-0.39, 0.29) is 6.10 Å². The molecule has 0 saturated carbocycles. The summed E-state index contributed by atoms with van der Waals surface area (Å²) in [5.41, 5.74) is 3.05. The number of benzene rings is 2. The van der Waals surface area contributed by atoms with Crippen molar-refractivity contribution in [3.63, 3.8) is 0 Å². The Morgan fingerprint density at radius 2 is 1.94 bits per heavy atom. The minimum absolute atomic E-state index is 0.225. The molecule has 0 radical (unpaired) electrons. The van der Waals surface area contributed by atoms with Crippen molar-refractivity contribution >= 4 is 33.9 Å². The maximum absolute atomic E-state index is 14.3. The standard InChI is InChI=1S/C24H21ClFN5O/c25-15-1-4-21(26)20(11-15)24-12-16(14-29-31-24)30-22-7-10-28-23-13-18(2-3-19(22)23)32-17-5-8-27-9-6-17/h1-4,7,10-14,17,27H,5-6,8-9H2,(H,28,30,31). The van der Waals surface area contributed by atoms with Gasteiger partial charge in [0.15, 0.2) is 0 Å². The molecule has 2 aromatic carbocycles. The SMILES string of the molecule is Fc1ccc(Cl)cc1-c1cc(Nc2ccnc3cc(OC4CCNCC4)ccc23)cnn1. The van der Waals surface area contributed by atoms with Crippen LogP contribution >= 0.6 is 11.6 Å². The maximum Gasteiger partial charge on any atom is 0.132 e. The lowest BCUT2D eigenvalue weighted by molar-refractivity contribution is 0.162. The van der Waals surface area contributed by atoms with Crippen LogP contribution in [0.5, 0.6) is 5.75 Å². The second-order valence-corrected chi connectivity index (χ2v) is 8.12. The fourth-order valence-electron chi connectivity index (χ4n) is 3.83. The third kappa shape index (κ3) is 4.49. The van der Waals surface area contributed by atoms with Gasteiger partial charge in [-0.05, 0) is 68.4 Å². The van der Waals surface area contributed by atoms with Crippen molar-refractivity contribution in [3.05, 3.63) is 71.8 Å². The van der Waals surface area contributed by atoms with Crippen molar-refractivity contribution < 1.29 is 9.13 Å². The molecule has 0 unspecified atom stereocenters. The van der Waals surface area contributed by atoms with Crippen LogP contribution in [0.1, 0.15) is 12.8 Å². The van der Waals surface area contributed by atoms with Crippen LogP contribution in [0.15, 0.2) is 60.9 Å². The zero-order valence-corrected chi connectivity index (χ0v) is 17.9. The number of pyridine rings is 1. The maximum atomic E-state index is 14.3. The molecule has 8 heteroatoms. The fraction of sp³-hybridized carbons (Fsp3) is 0.208. The van der Waals surface area contributed by atoms with Gasteiger partial charge in [0, 0.05) is 33.9 Å². The van der Waals surface area contributed by atoms with E-state index in [9.17, 15) is 4.39 Å². The Morgan fingerprint density at radius 3 is 2.81 bits per heavy atom. The topological polar surface area (TPSA) is 72.0 Å². The highest BCUT2D eigenvalue weighted by atomic mass is 35.5. The average Bonchev–Trinajstić information content (AvgIpc) is 2.81. The molecule has 1 fully saturated rings. The van der Waals surface area contributed by atoms with Gasteiger partial charge in [0.2, 0.25) is 0 Å². The van der Waals surface area contributed by atoms with Crippen molar-refractivity contribution in [2.24, 2.45) is 0 Å². The van der Waals surface area contributed by atoms with Gasteiger partial charge in [0.25, 0.3) is 0 Å². The number of piperidine rings is 1. The van der Waals surface area contributed by atoms with Gasteiger partial charge in [-0.25, -0.2) is 4.39 Å². The smallest absolute Gasteiger partial charge is 0.132 e. The molecule has 3 heterocycles. The number of aromatic nitrogens is 3. The van der Waals surface area contributed by atoms with E-state index in [1.54, 1.807) is 18.5 Å². The van der Waals surface area contributed by atoms with Crippen LogP contribution in [0.25, 0.3) is 22.2 Å². The Bertz CT molecular complexity index is 1260. The van der Waals surface area contributed by atoms with E-state index >= 15 is 0 Å². The normalized spacial score (nSPS) is 14.4. The van der Waals surface area contributed by atoms with Crippen LogP contribution < -0.4 is 15.4 Å². The van der Waals surface area contributed by atoms with E-state index in [0.29, 0.717) is 22.0 Å². The van der Waals surface area contributed by atoms with Gasteiger partial charge >= 0.3 is 0 Å². The van der Waals surface area contributed by atoms with Gasteiger partial charge in [0.05, 0.1) is 23.1 Å². The lowest BCUT2D eigenvalue weighted by atomic mass is 10.1. The molecule has 0 bridgehead atoms. The Balaban J connectivity index is 1.41. The van der Waals surface area contributed by atoms with Crippen LogP contribution in [0.3, 0.4) is 0 Å². The first-order valence-corrected chi connectivity index (χ1v) is 10.8. The van der Waals surface area contributed by atoms with Crippen LogP contribution in [-0.4, -0.2) is 34.4 Å². The zero-order valence-electron chi connectivity index (χ0n) is 17.2. The van der Waals surface area contributed by atoms with Gasteiger partial charge in [-0.3, -0.25) is 4.98 Å². The predicted molar refractivity (Wildman–Crippen MR) is 124 cm³/mol. The molecule has 162 valence electrons. The molecule has 1 aliphatic heterocycles. The molecular weight excluding hydrogens is 429 g/mol. The second kappa shape index (κ2) is 9.06. The lowest BCUT2D eigenvalue weighted by Gasteiger charge is -2.24. The van der Waals surface area contributed by atoms with Crippen molar-refractivity contribution in [1.82, 2.24) is 20.5 Å². The fourth-order valence-corrected chi connectivity index (χ4v) is 4.00.